The van der Waals surface area contributed by atoms with Crippen LogP contribution < -0.4 is 0 Å². The summed E-state index contributed by atoms with van der Waals surface area (Å²) in [6.07, 6.45) is 1.60. The highest BCUT2D eigenvalue weighted by molar-refractivity contribution is 5.84. The van der Waals surface area contributed by atoms with Gasteiger partial charge in [0.05, 0.1) is 13.0 Å². The maximum atomic E-state index is 11.5. The molecule has 1 atom stereocenters. The van der Waals surface area contributed by atoms with Crippen LogP contribution in [0.5, 0.6) is 0 Å². The van der Waals surface area contributed by atoms with Gasteiger partial charge < -0.3 is 14.7 Å². The first-order valence-electron chi connectivity index (χ1n) is 4.68. The van der Waals surface area contributed by atoms with Gasteiger partial charge in [0.1, 0.15) is 6.04 Å². The van der Waals surface area contributed by atoms with E-state index in [0.717, 1.165) is 6.42 Å². The molecule has 1 aliphatic rings. The molecule has 0 aliphatic carbocycles. The number of carbonyl (C=O) groups excluding carboxylic acids is 1. The number of carboxylic acid groups (broad SMARTS) is 1. The van der Waals surface area contributed by atoms with Crippen LogP contribution in [0, 0.1) is 0 Å². The first kappa shape index (κ1) is 11.0. The lowest BCUT2D eigenvalue weighted by Gasteiger charge is -2.21. The SMILES string of the molecule is COCCC(=O)N1CCC[C@@H]1C(=O)O. The molecule has 14 heavy (non-hydrogen) atoms. The van der Waals surface area contributed by atoms with Gasteiger partial charge in [-0.15, -0.1) is 0 Å². The number of amides is 1. The molecule has 0 spiro atoms. The molecule has 5 nitrogen and oxygen atoms in total. The Bertz CT molecular complexity index is 229. The van der Waals surface area contributed by atoms with Crippen molar-refractivity contribution >= 4 is 11.9 Å². The van der Waals surface area contributed by atoms with Crippen LogP contribution in [-0.4, -0.2) is 48.2 Å². The minimum atomic E-state index is -0.909. The van der Waals surface area contributed by atoms with Crippen LogP contribution in [0.3, 0.4) is 0 Å². The van der Waals surface area contributed by atoms with Crippen LogP contribution >= 0.6 is 0 Å². The average molecular weight is 201 g/mol. The Morgan fingerprint density at radius 2 is 2.29 bits per heavy atom. The Hall–Kier alpha value is -1.10. The van der Waals surface area contributed by atoms with E-state index in [9.17, 15) is 9.59 Å². The van der Waals surface area contributed by atoms with Gasteiger partial charge in [0.15, 0.2) is 0 Å². The zero-order chi connectivity index (χ0) is 10.6. The van der Waals surface area contributed by atoms with E-state index >= 15 is 0 Å². The first-order valence-corrected chi connectivity index (χ1v) is 4.68. The van der Waals surface area contributed by atoms with Gasteiger partial charge in [0.2, 0.25) is 5.91 Å². The zero-order valence-electron chi connectivity index (χ0n) is 8.23. The molecule has 80 valence electrons. The van der Waals surface area contributed by atoms with Gasteiger partial charge >= 0.3 is 5.97 Å². The van der Waals surface area contributed by atoms with E-state index in [1.807, 2.05) is 0 Å². The molecule has 1 aliphatic heterocycles. The summed E-state index contributed by atoms with van der Waals surface area (Å²) in [5, 5.41) is 8.83. The molecule has 1 heterocycles. The van der Waals surface area contributed by atoms with Crippen molar-refractivity contribution in [2.45, 2.75) is 25.3 Å². The lowest BCUT2D eigenvalue weighted by atomic mass is 10.2. The molecule has 0 bridgehead atoms. The van der Waals surface area contributed by atoms with Crippen LogP contribution in [0.2, 0.25) is 0 Å². The molecule has 5 heteroatoms. The smallest absolute Gasteiger partial charge is 0.326 e. The van der Waals surface area contributed by atoms with Gasteiger partial charge in [-0.25, -0.2) is 4.79 Å². The van der Waals surface area contributed by atoms with Crippen molar-refractivity contribution in [1.29, 1.82) is 0 Å². The predicted octanol–water partition coefficient (Wildman–Crippen LogP) is 0.0985. The molecule has 1 fully saturated rings. The van der Waals surface area contributed by atoms with E-state index in [1.54, 1.807) is 0 Å². The van der Waals surface area contributed by atoms with Crippen molar-refractivity contribution in [3.8, 4) is 0 Å². The third kappa shape index (κ3) is 2.45. The fraction of sp³-hybridized carbons (Fsp3) is 0.778. The highest BCUT2D eigenvalue weighted by Crippen LogP contribution is 2.18. The second kappa shape index (κ2) is 4.95. The molecular weight excluding hydrogens is 186 g/mol. The largest absolute Gasteiger partial charge is 0.480 e. The molecule has 1 amide bonds. The predicted molar refractivity (Wildman–Crippen MR) is 48.9 cm³/mol. The van der Waals surface area contributed by atoms with Crippen molar-refractivity contribution in [1.82, 2.24) is 4.90 Å². The van der Waals surface area contributed by atoms with Crippen molar-refractivity contribution in [2.24, 2.45) is 0 Å². The number of carboxylic acids is 1. The minimum Gasteiger partial charge on any atom is -0.480 e. The molecule has 1 N–H and O–H groups in total. The first-order chi connectivity index (χ1) is 6.66. The number of hydrogen-bond acceptors (Lipinski definition) is 3. The molecule has 1 rings (SSSR count). The van der Waals surface area contributed by atoms with E-state index in [1.165, 1.54) is 12.0 Å². The third-order valence-corrected chi connectivity index (χ3v) is 2.38. The quantitative estimate of drug-likeness (QED) is 0.700. The summed E-state index contributed by atoms with van der Waals surface area (Å²) >= 11 is 0. The van der Waals surface area contributed by atoms with Crippen molar-refractivity contribution < 1.29 is 19.4 Å². The van der Waals surface area contributed by atoms with Crippen LogP contribution in [0.1, 0.15) is 19.3 Å². The lowest BCUT2D eigenvalue weighted by molar-refractivity contribution is -0.148. The van der Waals surface area contributed by atoms with Crippen molar-refractivity contribution in [2.75, 3.05) is 20.3 Å². The number of aliphatic carboxylic acids is 1. The van der Waals surface area contributed by atoms with Gasteiger partial charge in [0.25, 0.3) is 0 Å². The standard InChI is InChI=1S/C9H15NO4/c1-14-6-4-8(11)10-5-2-3-7(10)9(12)13/h7H,2-6H2,1H3,(H,12,13)/t7-/m1/s1. The molecular formula is C9H15NO4. The highest BCUT2D eigenvalue weighted by Gasteiger charge is 2.33. The summed E-state index contributed by atoms with van der Waals surface area (Å²) in [5.74, 6) is -1.04. The number of ether oxygens (including phenoxy) is 1. The Morgan fingerprint density at radius 3 is 2.86 bits per heavy atom. The molecule has 1 saturated heterocycles. The fourth-order valence-electron chi connectivity index (χ4n) is 1.65. The van der Waals surface area contributed by atoms with Gasteiger partial charge in [0, 0.05) is 13.7 Å². The molecule has 0 aromatic heterocycles. The van der Waals surface area contributed by atoms with E-state index in [2.05, 4.69) is 0 Å². The summed E-state index contributed by atoms with van der Waals surface area (Å²) in [4.78, 5) is 23.7. The molecule has 0 unspecified atom stereocenters. The van der Waals surface area contributed by atoms with Gasteiger partial charge in [-0.2, -0.15) is 0 Å². The maximum absolute atomic E-state index is 11.5. The van der Waals surface area contributed by atoms with Crippen molar-refractivity contribution in [3.63, 3.8) is 0 Å². The van der Waals surface area contributed by atoms with Gasteiger partial charge in [-0.05, 0) is 12.8 Å². The topological polar surface area (TPSA) is 66.8 Å². The summed E-state index contributed by atoms with van der Waals surface area (Å²) in [5.41, 5.74) is 0. The average Bonchev–Trinajstić information content (AvgIpc) is 2.62. The van der Waals surface area contributed by atoms with Gasteiger partial charge in [-0.3, -0.25) is 4.79 Å². The lowest BCUT2D eigenvalue weighted by Crippen LogP contribution is -2.40. The van der Waals surface area contributed by atoms with Crippen LogP contribution in [0.15, 0.2) is 0 Å². The molecule has 0 aromatic rings. The Morgan fingerprint density at radius 1 is 1.57 bits per heavy atom. The van der Waals surface area contributed by atoms with E-state index in [0.29, 0.717) is 19.6 Å². The fourth-order valence-corrected chi connectivity index (χ4v) is 1.65. The Balaban J connectivity index is 2.49. The highest BCUT2D eigenvalue weighted by atomic mass is 16.5. The summed E-state index contributed by atoms with van der Waals surface area (Å²) < 4.78 is 4.77. The van der Waals surface area contributed by atoms with Crippen molar-refractivity contribution in [3.05, 3.63) is 0 Å². The Kier molecular flexibility index (Phi) is 3.88. The van der Waals surface area contributed by atoms with Crippen LogP contribution in [-0.2, 0) is 14.3 Å². The normalized spacial score (nSPS) is 21.2. The zero-order valence-corrected chi connectivity index (χ0v) is 8.23. The molecule has 0 aromatic carbocycles. The number of hydrogen-bond donors (Lipinski definition) is 1. The van der Waals surface area contributed by atoms with Gasteiger partial charge in [-0.1, -0.05) is 0 Å². The minimum absolute atomic E-state index is 0.128. The Labute approximate surface area is 82.6 Å². The maximum Gasteiger partial charge on any atom is 0.326 e. The van der Waals surface area contributed by atoms with E-state index in [-0.39, 0.29) is 12.3 Å². The molecule has 0 saturated carbocycles. The number of methoxy groups -OCH3 is 1. The summed E-state index contributed by atoms with van der Waals surface area (Å²) in [6, 6.07) is -0.626. The summed E-state index contributed by atoms with van der Waals surface area (Å²) in [7, 11) is 1.52. The number of rotatable bonds is 4. The van der Waals surface area contributed by atoms with Crippen LogP contribution in [0.4, 0.5) is 0 Å². The number of nitrogens with zero attached hydrogens (tertiary/aromatic N) is 1. The van der Waals surface area contributed by atoms with Crippen LogP contribution in [0.25, 0.3) is 0 Å². The second-order valence-corrected chi connectivity index (χ2v) is 3.33. The van der Waals surface area contributed by atoms with E-state index < -0.39 is 12.0 Å². The second-order valence-electron chi connectivity index (χ2n) is 3.33. The van der Waals surface area contributed by atoms with E-state index in [4.69, 9.17) is 9.84 Å². The summed E-state index contributed by atoms with van der Waals surface area (Å²) in [6.45, 7) is 0.904. The molecule has 0 radical (unpaired) electrons. The third-order valence-electron chi connectivity index (χ3n) is 2.38. The number of likely N-dealkylation sites (tertiary alicyclic amines) is 1. The number of carbonyl (C=O) groups is 2. The monoisotopic (exact) mass is 201 g/mol.